The number of cyclic esters (lactones) is 1. The van der Waals surface area contributed by atoms with Gasteiger partial charge in [-0.3, -0.25) is 4.90 Å². The molecule has 0 aromatic heterocycles. The molecule has 6 nitrogen and oxygen atoms in total. The molecule has 0 aliphatic carbocycles. The van der Waals surface area contributed by atoms with Crippen LogP contribution in [-0.2, 0) is 16.0 Å². The number of hydrogen-bond acceptors (Lipinski definition) is 4. The minimum atomic E-state index is -1.22. The van der Waals surface area contributed by atoms with Gasteiger partial charge >= 0.3 is 12.1 Å². The van der Waals surface area contributed by atoms with Gasteiger partial charge in [-0.1, -0.05) is 50.6 Å². The largest absolute Gasteiger partial charge is 0.511 e. The van der Waals surface area contributed by atoms with Crippen molar-refractivity contribution in [2.24, 2.45) is 5.92 Å². The Kier molecular flexibility index (Phi) is 8.09. The molecule has 0 saturated carbocycles. The summed E-state index contributed by atoms with van der Waals surface area (Å²) in [4.78, 5) is 26.3. The highest BCUT2D eigenvalue weighted by Gasteiger charge is 2.42. The highest BCUT2D eigenvalue weighted by molar-refractivity contribution is 5.96. The molecule has 0 radical (unpaired) electrons. The zero-order valence-electron chi connectivity index (χ0n) is 18.9. The zero-order chi connectivity index (χ0) is 24.0. The molecule has 2 aromatic rings. The van der Waals surface area contributed by atoms with Crippen molar-refractivity contribution in [3.05, 3.63) is 77.3 Å². The van der Waals surface area contributed by atoms with E-state index in [0.717, 1.165) is 16.9 Å². The van der Waals surface area contributed by atoms with Gasteiger partial charge in [-0.2, -0.15) is 0 Å². The number of halogens is 1. The fraction of sp³-hybridized carbons (Fsp3) is 0.385. The third-order valence-corrected chi connectivity index (χ3v) is 6.06. The summed E-state index contributed by atoms with van der Waals surface area (Å²) in [7, 11) is 0. The van der Waals surface area contributed by atoms with Crippen LogP contribution in [0.2, 0.25) is 0 Å². The molecule has 3 unspecified atom stereocenters. The van der Waals surface area contributed by atoms with Crippen molar-refractivity contribution in [1.82, 2.24) is 0 Å². The summed E-state index contributed by atoms with van der Waals surface area (Å²) >= 11 is 0. The molecule has 7 heteroatoms. The van der Waals surface area contributed by atoms with Crippen LogP contribution in [0.15, 0.2) is 65.9 Å². The number of benzene rings is 2. The number of hydrogen-bond donors (Lipinski definition) is 2. The van der Waals surface area contributed by atoms with Crippen LogP contribution in [0, 0.1) is 11.7 Å². The van der Waals surface area contributed by atoms with Crippen LogP contribution in [-0.4, -0.2) is 34.4 Å². The molecule has 0 fully saturated rings. The lowest BCUT2D eigenvalue weighted by molar-refractivity contribution is -0.151. The Bertz CT molecular complexity index is 990. The smallest absolute Gasteiger partial charge is 0.412 e. The molecular formula is C26H30FNO5. The van der Waals surface area contributed by atoms with Crippen molar-refractivity contribution >= 4 is 17.7 Å². The van der Waals surface area contributed by atoms with Gasteiger partial charge in [0.25, 0.3) is 0 Å². The number of anilines is 1. The first-order valence-corrected chi connectivity index (χ1v) is 11.3. The number of carbonyl (C=O) groups is 2. The van der Waals surface area contributed by atoms with Crippen LogP contribution >= 0.6 is 0 Å². The lowest BCUT2D eigenvalue weighted by atomic mass is 9.84. The number of para-hydroxylation sites is 1. The number of amides is 1. The molecule has 3 rings (SSSR count). The lowest BCUT2D eigenvalue weighted by Crippen LogP contribution is -2.47. The Morgan fingerprint density at radius 1 is 1.09 bits per heavy atom. The predicted octanol–water partition coefficient (Wildman–Crippen LogP) is 5.88. The number of rotatable bonds is 9. The van der Waals surface area contributed by atoms with Crippen molar-refractivity contribution in [3.8, 4) is 0 Å². The molecule has 0 saturated heterocycles. The third-order valence-electron chi connectivity index (χ3n) is 6.06. The standard InChI is InChI=1S/C26H30FNO5/c1-3-8-22-20(16-13-17-11-14-18(27)15-12-17)24(29)23(25(30)33-22)21(4-2)28(26(31)32)19-9-6-5-7-10-19/h5-7,9-12,14-15,20-22,29H,3-4,8,13,16H2,1-2H3,(H,31,32). The summed E-state index contributed by atoms with van der Waals surface area (Å²) in [5.74, 6) is -1.58. The molecule has 2 aromatic carbocycles. The normalized spacial score (nSPS) is 19.2. The fourth-order valence-corrected chi connectivity index (χ4v) is 4.44. The van der Waals surface area contributed by atoms with Gasteiger partial charge in [-0.15, -0.1) is 0 Å². The lowest BCUT2D eigenvalue weighted by Gasteiger charge is -2.37. The van der Waals surface area contributed by atoms with Crippen molar-refractivity contribution in [2.75, 3.05) is 4.90 Å². The second kappa shape index (κ2) is 11.0. The van der Waals surface area contributed by atoms with E-state index in [2.05, 4.69) is 0 Å². The summed E-state index contributed by atoms with van der Waals surface area (Å²) in [6.07, 6.45) is 0.926. The molecule has 1 aliphatic heterocycles. The maximum Gasteiger partial charge on any atom is 0.412 e. The van der Waals surface area contributed by atoms with Crippen molar-refractivity contribution < 1.29 is 28.9 Å². The number of esters is 1. The summed E-state index contributed by atoms with van der Waals surface area (Å²) in [6, 6.07) is 13.8. The maximum atomic E-state index is 13.3. The summed E-state index contributed by atoms with van der Waals surface area (Å²) in [6.45, 7) is 3.74. The third kappa shape index (κ3) is 5.53. The van der Waals surface area contributed by atoms with E-state index in [9.17, 15) is 24.2 Å². The number of aliphatic hydroxyl groups excluding tert-OH is 1. The number of ether oxygens (including phenoxy) is 1. The summed E-state index contributed by atoms with van der Waals surface area (Å²) < 4.78 is 19.0. The van der Waals surface area contributed by atoms with Gasteiger partial charge in [-0.25, -0.2) is 14.0 Å². The quantitative estimate of drug-likeness (QED) is 0.462. The molecule has 1 aliphatic rings. The van der Waals surface area contributed by atoms with Gasteiger partial charge < -0.3 is 14.9 Å². The van der Waals surface area contributed by atoms with E-state index < -0.39 is 30.1 Å². The van der Waals surface area contributed by atoms with Gasteiger partial charge in [-0.05, 0) is 55.5 Å². The van der Waals surface area contributed by atoms with Crippen LogP contribution in [0.25, 0.3) is 0 Å². The maximum absolute atomic E-state index is 13.3. The Morgan fingerprint density at radius 2 is 1.76 bits per heavy atom. The van der Waals surface area contributed by atoms with Crippen LogP contribution in [0.5, 0.6) is 0 Å². The topological polar surface area (TPSA) is 87.1 Å². The molecule has 0 bridgehead atoms. The Balaban J connectivity index is 1.98. The van der Waals surface area contributed by atoms with Crippen molar-refractivity contribution in [3.63, 3.8) is 0 Å². The van der Waals surface area contributed by atoms with Gasteiger partial charge in [0.1, 0.15) is 17.7 Å². The van der Waals surface area contributed by atoms with Crippen molar-refractivity contribution in [2.45, 2.75) is 58.1 Å². The fourth-order valence-electron chi connectivity index (χ4n) is 4.44. The average Bonchev–Trinajstić information content (AvgIpc) is 2.79. The first-order chi connectivity index (χ1) is 15.9. The number of carboxylic acid groups (broad SMARTS) is 1. The second-order valence-corrected chi connectivity index (χ2v) is 8.22. The van der Waals surface area contributed by atoms with E-state index in [1.165, 1.54) is 12.1 Å². The predicted molar refractivity (Wildman–Crippen MR) is 124 cm³/mol. The molecule has 0 spiro atoms. The van der Waals surface area contributed by atoms with Crippen LogP contribution in [0.3, 0.4) is 0 Å². The van der Waals surface area contributed by atoms with Crippen LogP contribution in [0.4, 0.5) is 14.9 Å². The summed E-state index contributed by atoms with van der Waals surface area (Å²) in [5, 5.41) is 21.2. The molecule has 2 N–H and O–H groups in total. The Hall–Kier alpha value is -3.35. The van der Waals surface area contributed by atoms with Crippen LogP contribution in [0.1, 0.15) is 45.1 Å². The minimum Gasteiger partial charge on any atom is -0.511 e. The van der Waals surface area contributed by atoms with Crippen LogP contribution < -0.4 is 4.90 Å². The number of nitrogens with zero attached hydrogens (tertiary/aromatic N) is 1. The van der Waals surface area contributed by atoms with Gasteiger partial charge in [0.05, 0.1) is 17.5 Å². The van der Waals surface area contributed by atoms with E-state index in [1.54, 1.807) is 49.4 Å². The molecule has 1 heterocycles. The number of aryl methyl sites for hydroxylation is 1. The monoisotopic (exact) mass is 455 g/mol. The average molecular weight is 456 g/mol. The molecule has 33 heavy (non-hydrogen) atoms. The Labute approximate surface area is 193 Å². The molecule has 3 atom stereocenters. The van der Waals surface area contributed by atoms with Gasteiger partial charge in [0.15, 0.2) is 0 Å². The first kappa shape index (κ1) is 24.3. The van der Waals surface area contributed by atoms with E-state index in [0.29, 0.717) is 24.9 Å². The highest BCUT2D eigenvalue weighted by Crippen LogP contribution is 2.36. The van der Waals surface area contributed by atoms with Crippen molar-refractivity contribution in [1.29, 1.82) is 0 Å². The molecular weight excluding hydrogens is 425 g/mol. The number of aliphatic hydroxyl groups is 1. The SMILES string of the molecule is CCCC1OC(=O)C(C(CC)N(C(=O)O)c2ccccc2)=C(O)C1CCc1ccc(F)cc1. The first-order valence-electron chi connectivity index (χ1n) is 11.3. The van der Waals surface area contributed by atoms with Gasteiger partial charge in [0, 0.05) is 5.69 Å². The second-order valence-electron chi connectivity index (χ2n) is 8.22. The zero-order valence-corrected chi connectivity index (χ0v) is 18.9. The molecule has 176 valence electrons. The van der Waals surface area contributed by atoms with E-state index >= 15 is 0 Å². The molecule has 1 amide bonds. The Morgan fingerprint density at radius 3 is 2.33 bits per heavy atom. The summed E-state index contributed by atoms with van der Waals surface area (Å²) in [5.41, 5.74) is 1.30. The van der Waals surface area contributed by atoms with E-state index in [-0.39, 0.29) is 23.6 Å². The van der Waals surface area contributed by atoms with E-state index in [4.69, 9.17) is 4.74 Å². The number of carbonyl (C=O) groups excluding carboxylic acids is 1. The van der Waals surface area contributed by atoms with Gasteiger partial charge in [0.2, 0.25) is 0 Å². The minimum absolute atomic E-state index is 0.0137. The van der Waals surface area contributed by atoms with E-state index in [1.807, 2.05) is 6.92 Å². The highest BCUT2D eigenvalue weighted by atomic mass is 19.1.